The molecule has 31 heavy (non-hydrogen) atoms. The van der Waals surface area contributed by atoms with Gasteiger partial charge in [-0.1, -0.05) is 18.2 Å². The maximum atomic E-state index is 13.6. The summed E-state index contributed by atoms with van der Waals surface area (Å²) in [6.07, 6.45) is 1.07. The van der Waals surface area contributed by atoms with Crippen molar-refractivity contribution >= 4 is 23.5 Å². The molecule has 8 nitrogen and oxygen atoms in total. The molecule has 8 heteroatoms. The van der Waals surface area contributed by atoms with E-state index in [4.69, 9.17) is 9.47 Å². The van der Waals surface area contributed by atoms with Crippen LogP contribution < -0.4 is 5.32 Å². The van der Waals surface area contributed by atoms with Crippen LogP contribution in [0.4, 0.5) is 5.69 Å². The molecule has 2 unspecified atom stereocenters. The summed E-state index contributed by atoms with van der Waals surface area (Å²) < 4.78 is 11.5. The molecule has 4 rings (SSSR count). The Balaban J connectivity index is 1.70. The molecule has 2 bridgehead atoms. The Morgan fingerprint density at radius 1 is 1.32 bits per heavy atom. The molecule has 3 saturated heterocycles. The molecular formula is C23H30N2O6. The maximum absolute atomic E-state index is 13.6. The molecule has 3 fully saturated rings. The molecule has 3 heterocycles. The van der Waals surface area contributed by atoms with Crippen LogP contribution in [0.5, 0.6) is 0 Å². The summed E-state index contributed by atoms with van der Waals surface area (Å²) in [6.45, 7) is 5.91. The van der Waals surface area contributed by atoms with Gasteiger partial charge in [-0.25, -0.2) is 0 Å². The maximum Gasteiger partial charge on any atom is 0.312 e. The first-order valence-corrected chi connectivity index (χ1v) is 11.0. The second-order valence-corrected chi connectivity index (χ2v) is 8.67. The predicted octanol–water partition coefficient (Wildman–Crippen LogP) is 1.56. The zero-order chi connectivity index (χ0) is 22.3. The van der Waals surface area contributed by atoms with Crippen LogP contribution >= 0.6 is 0 Å². The fourth-order valence-corrected chi connectivity index (χ4v) is 5.64. The van der Waals surface area contributed by atoms with Gasteiger partial charge >= 0.3 is 5.97 Å². The summed E-state index contributed by atoms with van der Waals surface area (Å²) >= 11 is 0. The number of hydrogen-bond acceptors (Lipinski definition) is 6. The van der Waals surface area contributed by atoms with Gasteiger partial charge in [0.05, 0.1) is 24.5 Å². The van der Waals surface area contributed by atoms with Crippen molar-refractivity contribution in [1.29, 1.82) is 0 Å². The van der Waals surface area contributed by atoms with Gasteiger partial charge in [-0.2, -0.15) is 0 Å². The molecular weight excluding hydrogens is 400 g/mol. The highest BCUT2D eigenvalue weighted by Crippen LogP contribution is 2.58. The molecule has 5 atom stereocenters. The minimum Gasteiger partial charge on any atom is -0.466 e. The third-order valence-corrected chi connectivity index (χ3v) is 6.89. The smallest absolute Gasteiger partial charge is 0.312 e. The number of ether oxygens (including phenoxy) is 2. The van der Waals surface area contributed by atoms with Crippen molar-refractivity contribution < 1.29 is 29.0 Å². The zero-order valence-corrected chi connectivity index (χ0v) is 18.2. The third-order valence-electron chi connectivity index (χ3n) is 6.89. The van der Waals surface area contributed by atoms with Crippen molar-refractivity contribution in [2.24, 2.45) is 11.8 Å². The third kappa shape index (κ3) is 3.32. The fraction of sp³-hybridized carbons (Fsp3) is 0.609. The summed E-state index contributed by atoms with van der Waals surface area (Å²) in [4.78, 5) is 41.3. The van der Waals surface area contributed by atoms with Crippen LogP contribution in [0, 0.1) is 25.7 Å². The Morgan fingerprint density at radius 3 is 2.68 bits per heavy atom. The summed E-state index contributed by atoms with van der Waals surface area (Å²) in [6, 6.07) is 4.90. The van der Waals surface area contributed by atoms with Crippen LogP contribution in [-0.4, -0.2) is 65.3 Å². The minimum atomic E-state index is -1.05. The molecule has 168 valence electrons. The lowest BCUT2D eigenvalue weighted by atomic mass is 9.70. The number of para-hydroxylation sites is 1. The van der Waals surface area contributed by atoms with Gasteiger partial charge in [0.1, 0.15) is 11.6 Å². The SMILES string of the molecule is CCOC(=O)[C@@H]1[C@@H]2CCC3(O2)C(C(=O)Nc2c(C)cccc2C)N(CCCO)C(=O)[C@H]13. The van der Waals surface area contributed by atoms with Gasteiger partial charge in [0, 0.05) is 18.8 Å². The highest BCUT2D eigenvalue weighted by molar-refractivity contribution is 6.03. The molecule has 1 aromatic carbocycles. The normalized spacial score (nSPS) is 31.1. The molecule has 0 radical (unpaired) electrons. The molecule has 1 aromatic rings. The van der Waals surface area contributed by atoms with Gasteiger partial charge in [-0.3, -0.25) is 14.4 Å². The van der Waals surface area contributed by atoms with Gasteiger partial charge in [0.25, 0.3) is 0 Å². The number of carbonyl (C=O) groups excluding carboxylic acids is 3. The minimum absolute atomic E-state index is 0.0997. The second kappa shape index (κ2) is 8.24. The first-order valence-electron chi connectivity index (χ1n) is 11.0. The number of carbonyl (C=O) groups is 3. The van der Waals surface area contributed by atoms with Crippen molar-refractivity contribution in [2.75, 3.05) is 25.1 Å². The average Bonchev–Trinajstić information content (AvgIpc) is 3.37. The number of nitrogens with one attached hydrogen (secondary N) is 1. The van der Waals surface area contributed by atoms with Crippen molar-refractivity contribution in [1.82, 2.24) is 4.90 Å². The predicted molar refractivity (Wildman–Crippen MR) is 112 cm³/mol. The first kappa shape index (κ1) is 21.8. The van der Waals surface area contributed by atoms with E-state index in [2.05, 4.69) is 5.32 Å². The summed E-state index contributed by atoms with van der Waals surface area (Å²) in [5, 5.41) is 12.4. The number of aliphatic hydroxyl groups excluding tert-OH is 1. The average molecular weight is 431 g/mol. The largest absolute Gasteiger partial charge is 0.466 e. The van der Waals surface area contributed by atoms with Gasteiger partial charge in [-0.05, 0) is 51.2 Å². The van der Waals surface area contributed by atoms with E-state index in [-0.39, 0.29) is 31.6 Å². The lowest BCUT2D eigenvalue weighted by Crippen LogP contribution is -2.53. The highest BCUT2D eigenvalue weighted by Gasteiger charge is 2.74. The molecule has 0 saturated carbocycles. The number of rotatable bonds is 7. The zero-order valence-electron chi connectivity index (χ0n) is 18.2. The van der Waals surface area contributed by atoms with E-state index in [9.17, 15) is 19.5 Å². The number of esters is 1. The number of benzene rings is 1. The number of fused-ring (bicyclic) bond motifs is 1. The number of anilines is 1. The summed E-state index contributed by atoms with van der Waals surface area (Å²) in [5.74, 6) is -2.47. The number of amides is 2. The first-order chi connectivity index (χ1) is 14.9. The number of aryl methyl sites for hydroxylation is 2. The topological polar surface area (TPSA) is 105 Å². The molecule has 2 N–H and O–H groups in total. The molecule has 1 spiro atoms. The second-order valence-electron chi connectivity index (χ2n) is 8.67. The molecule has 3 aliphatic rings. The number of aliphatic hydroxyl groups is 1. The summed E-state index contributed by atoms with van der Waals surface area (Å²) in [7, 11) is 0. The fourth-order valence-electron chi connectivity index (χ4n) is 5.64. The van der Waals surface area contributed by atoms with E-state index in [0.29, 0.717) is 19.3 Å². The van der Waals surface area contributed by atoms with E-state index in [1.54, 1.807) is 6.92 Å². The number of nitrogens with zero attached hydrogens (tertiary/aromatic N) is 1. The van der Waals surface area contributed by atoms with Crippen LogP contribution in [0.3, 0.4) is 0 Å². The lowest BCUT2D eigenvalue weighted by Gasteiger charge is -2.33. The Kier molecular flexibility index (Phi) is 5.79. The van der Waals surface area contributed by atoms with Crippen LogP contribution in [0.15, 0.2) is 18.2 Å². The van der Waals surface area contributed by atoms with Crippen LogP contribution in [-0.2, 0) is 23.9 Å². The van der Waals surface area contributed by atoms with Crippen LogP contribution in [0.25, 0.3) is 0 Å². The van der Waals surface area contributed by atoms with Crippen molar-refractivity contribution in [3.8, 4) is 0 Å². The van der Waals surface area contributed by atoms with Gasteiger partial charge in [0.2, 0.25) is 11.8 Å². The lowest BCUT2D eigenvalue weighted by molar-refractivity contribution is -0.154. The molecule has 0 aliphatic carbocycles. The van der Waals surface area contributed by atoms with E-state index >= 15 is 0 Å². The van der Waals surface area contributed by atoms with Gasteiger partial charge < -0.3 is 24.8 Å². The monoisotopic (exact) mass is 430 g/mol. The Hall–Kier alpha value is -2.45. The highest BCUT2D eigenvalue weighted by atomic mass is 16.6. The van der Waals surface area contributed by atoms with E-state index in [0.717, 1.165) is 16.8 Å². The van der Waals surface area contributed by atoms with Gasteiger partial charge in [0.15, 0.2) is 0 Å². The summed E-state index contributed by atoms with van der Waals surface area (Å²) in [5.41, 5.74) is 1.52. The molecule has 2 amide bonds. The Morgan fingerprint density at radius 2 is 2.03 bits per heavy atom. The van der Waals surface area contributed by atoms with Gasteiger partial charge in [-0.15, -0.1) is 0 Å². The number of hydrogen-bond donors (Lipinski definition) is 2. The van der Waals surface area contributed by atoms with Crippen molar-refractivity contribution in [3.05, 3.63) is 29.3 Å². The van der Waals surface area contributed by atoms with E-state index in [1.807, 2.05) is 32.0 Å². The van der Waals surface area contributed by atoms with E-state index < -0.39 is 35.6 Å². The number of likely N-dealkylation sites (tertiary alicyclic amines) is 1. The Labute approximate surface area is 181 Å². The van der Waals surface area contributed by atoms with Crippen molar-refractivity contribution in [3.63, 3.8) is 0 Å². The molecule has 0 aromatic heterocycles. The van der Waals surface area contributed by atoms with Crippen LogP contribution in [0.1, 0.15) is 37.3 Å². The standard InChI is InChI=1S/C23H30N2O6/c1-4-30-22(29)16-15-9-10-23(31-15)17(16)21(28)25(11-6-12-26)19(23)20(27)24-18-13(2)7-5-8-14(18)3/h5,7-8,15-17,19,26H,4,6,9-12H2,1-3H3,(H,24,27)/t15-,16+,17-,19?,23?/m0/s1. The van der Waals surface area contributed by atoms with Crippen LogP contribution in [0.2, 0.25) is 0 Å². The molecule has 3 aliphatic heterocycles. The Bertz CT molecular complexity index is 882. The van der Waals surface area contributed by atoms with E-state index in [1.165, 1.54) is 4.90 Å². The quantitative estimate of drug-likeness (QED) is 0.636. The van der Waals surface area contributed by atoms with Crippen molar-refractivity contribution in [2.45, 2.75) is 57.8 Å².